The van der Waals surface area contributed by atoms with E-state index >= 15 is 0 Å². The van der Waals surface area contributed by atoms with E-state index in [0.717, 1.165) is 0 Å². The Labute approximate surface area is 194 Å². The summed E-state index contributed by atoms with van der Waals surface area (Å²) in [4.78, 5) is 8.72. The molecule has 0 radical (unpaired) electrons. The van der Waals surface area contributed by atoms with Gasteiger partial charge in [-0.05, 0) is 36.8 Å². The molecule has 2 heterocycles. The third kappa shape index (κ3) is 7.47. The summed E-state index contributed by atoms with van der Waals surface area (Å²) in [5.74, 6) is 2.06. The number of alkyl halides is 2. The molecule has 0 spiro atoms. The van der Waals surface area contributed by atoms with Gasteiger partial charge in [0.15, 0.2) is 11.7 Å². The number of ether oxygens (including phenoxy) is 1. The normalized spacial score (nSPS) is 12.4. The second kappa shape index (κ2) is 12.2. The number of benzene rings is 1. The van der Waals surface area contributed by atoms with E-state index in [4.69, 9.17) is 4.42 Å². The number of aliphatic hydroxyl groups excluding tert-OH is 1. The van der Waals surface area contributed by atoms with Crippen molar-refractivity contribution in [1.82, 2.24) is 25.8 Å². The van der Waals surface area contributed by atoms with Crippen molar-refractivity contribution in [3.05, 3.63) is 54.0 Å². The average Bonchev–Trinajstić information content (AvgIpc) is 3.41. The Morgan fingerprint density at radius 2 is 2.03 bits per heavy atom. The number of H-pyrrole nitrogens is 1. The molecule has 3 aromatic rings. The molecule has 9 nitrogen and oxygen atoms in total. The molecule has 0 bridgehead atoms. The van der Waals surface area contributed by atoms with Gasteiger partial charge in [-0.25, -0.2) is 9.98 Å². The molecule has 0 amide bonds. The first-order chi connectivity index (χ1) is 14.5. The Kier molecular flexibility index (Phi) is 9.65. The van der Waals surface area contributed by atoms with Crippen LogP contribution in [0.15, 0.2) is 52.1 Å². The zero-order valence-electron chi connectivity index (χ0n) is 16.6. The van der Waals surface area contributed by atoms with Crippen molar-refractivity contribution in [2.45, 2.75) is 26.2 Å². The van der Waals surface area contributed by atoms with Crippen molar-refractivity contribution in [2.75, 3.05) is 13.1 Å². The summed E-state index contributed by atoms with van der Waals surface area (Å²) in [6, 6.07) is 9.32. The predicted octanol–water partition coefficient (Wildman–Crippen LogP) is 3.07. The molecular weight excluding hydrogens is 525 g/mol. The van der Waals surface area contributed by atoms with Gasteiger partial charge in [0.25, 0.3) is 0 Å². The molecule has 1 atom stereocenters. The van der Waals surface area contributed by atoms with Crippen molar-refractivity contribution in [1.29, 1.82) is 0 Å². The number of aliphatic imine (C=N–C) groups is 1. The Morgan fingerprint density at radius 1 is 1.26 bits per heavy atom. The summed E-state index contributed by atoms with van der Waals surface area (Å²) in [5.41, 5.74) is 0.554. The molecule has 1 unspecified atom stereocenters. The fraction of sp³-hybridized carbons (Fsp3) is 0.316. The molecule has 12 heteroatoms. The highest BCUT2D eigenvalue weighted by Gasteiger charge is 2.11. The monoisotopic (exact) mass is 548 g/mol. The van der Waals surface area contributed by atoms with E-state index < -0.39 is 12.7 Å². The van der Waals surface area contributed by atoms with Gasteiger partial charge in [0.05, 0.1) is 12.4 Å². The molecule has 2 aromatic heterocycles. The number of halogens is 3. The third-order valence-corrected chi connectivity index (χ3v) is 3.96. The highest BCUT2D eigenvalue weighted by atomic mass is 127. The number of guanidine groups is 1. The van der Waals surface area contributed by atoms with Crippen molar-refractivity contribution < 1.29 is 23.0 Å². The molecular formula is C19H23F2IN6O3. The van der Waals surface area contributed by atoms with E-state index in [1.54, 1.807) is 18.4 Å². The topological polar surface area (TPSA) is 121 Å². The first-order valence-corrected chi connectivity index (χ1v) is 9.25. The maximum atomic E-state index is 12.2. The SMILES string of the molecule is CCNC(=NCc1nc(-c2ccco2)n[nH]1)NCC(O)c1ccc(OC(F)F)cc1.I. The lowest BCUT2D eigenvalue weighted by Gasteiger charge is -2.16. The standard InChI is InChI=1S/C19H22F2N6O3.HI/c1-2-22-19(24-11-16-25-17(27-26-16)15-4-3-9-29-15)23-10-14(28)12-5-7-13(8-6-12)30-18(20)21;/h3-9,14,18,28H,2,10-11H2,1H3,(H2,22,23,24)(H,25,26,27);1H. The number of aromatic nitrogens is 3. The Morgan fingerprint density at radius 3 is 2.68 bits per heavy atom. The lowest BCUT2D eigenvalue weighted by molar-refractivity contribution is -0.0498. The van der Waals surface area contributed by atoms with Crippen LogP contribution in [0.5, 0.6) is 5.75 Å². The number of rotatable bonds is 9. The minimum Gasteiger partial charge on any atom is -0.461 e. The van der Waals surface area contributed by atoms with E-state index in [-0.39, 0.29) is 42.8 Å². The van der Waals surface area contributed by atoms with Crippen LogP contribution >= 0.6 is 24.0 Å². The van der Waals surface area contributed by atoms with E-state index in [1.807, 2.05) is 6.92 Å². The lowest BCUT2D eigenvalue weighted by atomic mass is 10.1. The van der Waals surface area contributed by atoms with Crippen LogP contribution in [0.25, 0.3) is 11.6 Å². The number of nitrogens with zero attached hydrogens (tertiary/aromatic N) is 3. The first-order valence-electron chi connectivity index (χ1n) is 9.25. The van der Waals surface area contributed by atoms with Gasteiger partial charge in [-0.15, -0.1) is 29.1 Å². The summed E-state index contributed by atoms with van der Waals surface area (Å²) < 4.78 is 34.0. The highest BCUT2D eigenvalue weighted by Crippen LogP contribution is 2.19. The highest BCUT2D eigenvalue weighted by molar-refractivity contribution is 14.0. The molecule has 3 rings (SSSR count). The van der Waals surface area contributed by atoms with Gasteiger partial charge in [-0.1, -0.05) is 12.1 Å². The van der Waals surface area contributed by atoms with Crippen LogP contribution in [0.4, 0.5) is 8.78 Å². The van der Waals surface area contributed by atoms with Crippen LogP contribution in [-0.2, 0) is 6.54 Å². The van der Waals surface area contributed by atoms with E-state index in [0.29, 0.717) is 35.5 Å². The van der Waals surface area contributed by atoms with Crippen LogP contribution in [-0.4, -0.2) is 45.9 Å². The number of aliphatic hydroxyl groups is 1. The number of nitrogens with one attached hydrogen (secondary N) is 3. The van der Waals surface area contributed by atoms with Gasteiger partial charge in [-0.3, -0.25) is 5.10 Å². The molecule has 168 valence electrons. The second-order valence-corrected chi connectivity index (χ2v) is 6.12. The zero-order chi connectivity index (χ0) is 21.3. The molecule has 0 saturated heterocycles. The van der Waals surface area contributed by atoms with Crippen molar-refractivity contribution in [3.63, 3.8) is 0 Å². The second-order valence-electron chi connectivity index (χ2n) is 6.12. The third-order valence-electron chi connectivity index (χ3n) is 3.96. The predicted molar refractivity (Wildman–Crippen MR) is 120 cm³/mol. The lowest BCUT2D eigenvalue weighted by Crippen LogP contribution is -2.39. The van der Waals surface area contributed by atoms with Crippen molar-refractivity contribution >= 4 is 29.9 Å². The summed E-state index contributed by atoms with van der Waals surface area (Å²) in [7, 11) is 0. The maximum absolute atomic E-state index is 12.2. The Hall–Kier alpha value is -2.74. The van der Waals surface area contributed by atoms with E-state index in [9.17, 15) is 13.9 Å². The van der Waals surface area contributed by atoms with Gasteiger partial charge in [0.1, 0.15) is 18.1 Å². The smallest absolute Gasteiger partial charge is 0.387 e. The van der Waals surface area contributed by atoms with Gasteiger partial charge in [0, 0.05) is 13.1 Å². The summed E-state index contributed by atoms with van der Waals surface area (Å²) in [5, 5.41) is 23.3. The average molecular weight is 548 g/mol. The number of furan rings is 1. The summed E-state index contributed by atoms with van der Waals surface area (Å²) in [6.07, 6.45) is 0.673. The molecule has 31 heavy (non-hydrogen) atoms. The molecule has 0 aliphatic rings. The zero-order valence-corrected chi connectivity index (χ0v) is 18.9. The minimum atomic E-state index is -2.89. The first kappa shape index (κ1) is 24.5. The molecule has 0 aliphatic heterocycles. The van der Waals surface area contributed by atoms with Crippen molar-refractivity contribution in [2.24, 2.45) is 4.99 Å². The Bertz CT molecular complexity index is 935. The number of hydrogen-bond acceptors (Lipinski definition) is 6. The van der Waals surface area contributed by atoms with E-state index in [2.05, 4.69) is 35.5 Å². The molecule has 1 aromatic carbocycles. The van der Waals surface area contributed by atoms with Crippen LogP contribution in [0.1, 0.15) is 24.4 Å². The van der Waals surface area contributed by atoms with E-state index in [1.165, 1.54) is 24.3 Å². The number of aromatic amines is 1. The Balaban J connectivity index is 0.00000341. The largest absolute Gasteiger partial charge is 0.461 e. The summed E-state index contributed by atoms with van der Waals surface area (Å²) >= 11 is 0. The van der Waals surface area contributed by atoms with Crippen LogP contribution in [0.2, 0.25) is 0 Å². The fourth-order valence-electron chi connectivity index (χ4n) is 2.56. The van der Waals surface area contributed by atoms with Gasteiger partial charge in [-0.2, -0.15) is 8.78 Å². The molecule has 0 aliphatic carbocycles. The van der Waals surface area contributed by atoms with Gasteiger partial charge < -0.3 is 24.9 Å². The molecule has 4 N–H and O–H groups in total. The molecule has 0 saturated carbocycles. The minimum absolute atomic E-state index is 0. The van der Waals surface area contributed by atoms with Gasteiger partial charge >= 0.3 is 6.61 Å². The van der Waals surface area contributed by atoms with Crippen LogP contribution in [0.3, 0.4) is 0 Å². The molecule has 0 fully saturated rings. The number of hydrogen-bond donors (Lipinski definition) is 4. The fourth-order valence-corrected chi connectivity index (χ4v) is 2.56. The quantitative estimate of drug-likeness (QED) is 0.184. The van der Waals surface area contributed by atoms with Crippen LogP contribution < -0.4 is 15.4 Å². The maximum Gasteiger partial charge on any atom is 0.387 e. The summed E-state index contributed by atoms with van der Waals surface area (Å²) in [6.45, 7) is 0.0446. The van der Waals surface area contributed by atoms with Crippen LogP contribution in [0, 0.1) is 0 Å². The van der Waals surface area contributed by atoms with Gasteiger partial charge in [0.2, 0.25) is 5.82 Å². The van der Waals surface area contributed by atoms with Crippen molar-refractivity contribution in [3.8, 4) is 17.3 Å².